The first kappa shape index (κ1) is 15.0. The Hall–Kier alpha value is -1.04. The van der Waals surface area contributed by atoms with Crippen molar-refractivity contribution < 1.29 is 22.7 Å². The molecule has 0 aromatic heterocycles. The fourth-order valence-electron chi connectivity index (χ4n) is 1.93. The van der Waals surface area contributed by atoms with Crippen LogP contribution in [-0.4, -0.2) is 43.3 Å². The maximum absolute atomic E-state index is 12.4. The van der Waals surface area contributed by atoms with Gasteiger partial charge in [0.25, 0.3) is 0 Å². The van der Waals surface area contributed by atoms with Gasteiger partial charge in [-0.2, -0.15) is 13.2 Å². The van der Waals surface area contributed by atoms with Crippen LogP contribution in [0.2, 0.25) is 0 Å². The molecule has 1 fully saturated rings. The van der Waals surface area contributed by atoms with Crippen LogP contribution >= 0.6 is 0 Å². The molecule has 0 aromatic carbocycles. The van der Waals surface area contributed by atoms with Crippen molar-refractivity contribution >= 4 is 5.97 Å². The number of likely N-dealkylation sites (tertiary alicyclic amines) is 1. The fourth-order valence-corrected chi connectivity index (χ4v) is 1.93. The van der Waals surface area contributed by atoms with Crippen molar-refractivity contribution in [3.63, 3.8) is 0 Å². The van der Waals surface area contributed by atoms with Crippen LogP contribution in [0.4, 0.5) is 13.2 Å². The highest BCUT2D eigenvalue weighted by molar-refractivity contribution is 5.81. The molecule has 1 aliphatic rings. The average Bonchev–Trinajstić information content (AvgIpc) is 2.29. The molecular weight excluding hydrogens is 247 g/mol. The van der Waals surface area contributed by atoms with Crippen LogP contribution in [0.15, 0.2) is 12.2 Å². The van der Waals surface area contributed by atoms with Gasteiger partial charge in [-0.25, -0.2) is 4.79 Å². The van der Waals surface area contributed by atoms with Gasteiger partial charge in [-0.15, -0.1) is 0 Å². The Morgan fingerprint density at radius 1 is 1.39 bits per heavy atom. The molecule has 1 rings (SSSR count). The summed E-state index contributed by atoms with van der Waals surface area (Å²) in [5, 5.41) is 0. The summed E-state index contributed by atoms with van der Waals surface area (Å²) in [6.07, 6.45) is -0.856. The van der Waals surface area contributed by atoms with Crippen molar-refractivity contribution in [1.82, 2.24) is 4.90 Å². The summed E-state index contributed by atoms with van der Waals surface area (Å²) >= 11 is 0. The highest BCUT2D eigenvalue weighted by Gasteiger charge is 2.40. The number of piperidine rings is 1. The molecule has 0 aromatic rings. The van der Waals surface area contributed by atoms with E-state index in [1.54, 1.807) is 13.0 Å². The molecule has 0 amide bonds. The number of hydrogen-bond donors (Lipinski definition) is 0. The van der Waals surface area contributed by atoms with Crippen LogP contribution in [0, 0.1) is 5.92 Å². The molecule has 18 heavy (non-hydrogen) atoms. The number of ether oxygens (including phenoxy) is 1. The zero-order valence-corrected chi connectivity index (χ0v) is 10.4. The highest BCUT2D eigenvalue weighted by Crippen LogP contribution is 2.33. The van der Waals surface area contributed by atoms with Crippen molar-refractivity contribution in [2.45, 2.75) is 25.9 Å². The molecule has 0 bridgehead atoms. The molecule has 0 spiro atoms. The third kappa shape index (κ3) is 5.08. The van der Waals surface area contributed by atoms with E-state index >= 15 is 0 Å². The maximum Gasteiger partial charge on any atom is 0.391 e. The maximum atomic E-state index is 12.4. The van der Waals surface area contributed by atoms with E-state index in [9.17, 15) is 18.0 Å². The number of rotatable bonds is 4. The van der Waals surface area contributed by atoms with E-state index in [-0.39, 0.29) is 12.8 Å². The van der Waals surface area contributed by atoms with E-state index in [1.807, 2.05) is 4.90 Å². The zero-order chi connectivity index (χ0) is 13.6. The van der Waals surface area contributed by atoms with Gasteiger partial charge in [-0.3, -0.25) is 4.90 Å². The van der Waals surface area contributed by atoms with Crippen LogP contribution in [0.5, 0.6) is 0 Å². The van der Waals surface area contributed by atoms with Crippen molar-refractivity contribution in [3.8, 4) is 0 Å². The van der Waals surface area contributed by atoms with Crippen molar-refractivity contribution in [2.24, 2.45) is 5.92 Å². The number of carbonyl (C=O) groups excluding carboxylic acids is 1. The second-order valence-corrected chi connectivity index (χ2v) is 4.27. The summed E-state index contributed by atoms with van der Waals surface area (Å²) in [7, 11) is 0. The SMILES string of the molecule is CCOC(=O)/C=C/CN1CCC(C(F)(F)F)CC1. The van der Waals surface area contributed by atoms with Gasteiger partial charge in [-0.05, 0) is 32.9 Å². The number of halogens is 3. The minimum absolute atomic E-state index is 0.136. The molecule has 0 saturated carbocycles. The Morgan fingerprint density at radius 3 is 2.50 bits per heavy atom. The summed E-state index contributed by atoms with van der Waals surface area (Å²) in [5.41, 5.74) is 0. The van der Waals surface area contributed by atoms with E-state index in [0.29, 0.717) is 26.2 Å². The molecule has 0 radical (unpaired) electrons. The quantitative estimate of drug-likeness (QED) is 0.577. The van der Waals surface area contributed by atoms with Gasteiger partial charge in [-0.1, -0.05) is 6.08 Å². The van der Waals surface area contributed by atoms with E-state index in [0.717, 1.165) is 0 Å². The third-order valence-corrected chi connectivity index (χ3v) is 2.95. The van der Waals surface area contributed by atoms with Crippen LogP contribution in [0.1, 0.15) is 19.8 Å². The summed E-state index contributed by atoms with van der Waals surface area (Å²) in [6.45, 7) is 3.35. The first-order valence-electron chi connectivity index (χ1n) is 6.06. The molecule has 1 saturated heterocycles. The Balaban J connectivity index is 2.26. The molecule has 0 aliphatic carbocycles. The van der Waals surface area contributed by atoms with Crippen LogP contribution < -0.4 is 0 Å². The van der Waals surface area contributed by atoms with E-state index in [4.69, 9.17) is 4.74 Å². The lowest BCUT2D eigenvalue weighted by molar-refractivity contribution is -0.184. The predicted molar refractivity (Wildman–Crippen MR) is 61.0 cm³/mol. The second-order valence-electron chi connectivity index (χ2n) is 4.27. The normalized spacial score (nSPS) is 19.3. The van der Waals surface area contributed by atoms with Gasteiger partial charge in [0.1, 0.15) is 0 Å². The van der Waals surface area contributed by atoms with Crippen molar-refractivity contribution in [1.29, 1.82) is 0 Å². The lowest BCUT2D eigenvalue weighted by atomic mass is 9.96. The predicted octanol–water partition coefficient (Wildman–Crippen LogP) is 2.38. The number of carbonyl (C=O) groups is 1. The molecule has 104 valence electrons. The molecule has 0 unspecified atom stereocenters. The van der Waals surface area contributed by atoms with Gasteiger partial charge < -0.3 is 4.74 Å². The molecule has 6 heteroatoms. The standard InChI is InChI=1S/C12H18F3NO2/c1-2-18-11(17)4-3-7-16-8-5-10(6-9-16)12(13,14)15/h3-4,10H,2,5-9H2,1H3/b4-3+. The first-order chi connectivity index (χ1) is 8.43. The number of hydrogen-bond acceptors (Lipinski definition) is 3. The largest absolute Gasteiger partial charge is 0.463 e. The summed E-state index contributed by atoms with van der Waals surface area (Å²) in [6, 6.07) is 0. The lowest BCUT2D eigenvalue weighted by Gasteiger charge is -2.32. The molecule has 0 N–H and O–H groups in total. The number of alkyl halides is 3. The van der Waals surface area contributed by atoms with E-state index in [1.165, 1.54) is 6.08 Å². The monoisotopic (exact) mass is 265 g/mol. The first-order valence-corrected chi connectivity index (χ1v) is 6.06. The lowest BCUT2D eigenvalue weighted by Crippen LogP contribution is -2.39. The molecular formula is C12H18F3NO2. The zero-order valence-electron chi connectivity index (χ0n) is 10.4. The Labute approximate surface area is 105 Å². The fraction of sp³-hybridized carbons (Fsp3) is 0.750. The Kier molecular flexibility index (Phi) is 5.65. The third-order valence-electron chi connectivity index (χ3n) is 2.95. The van der Waals surface area contributed by atoms with Crippen LogP contribution in [-0.2, 0) is 9.53 Å². The molecule has 3 nitrogen and oxygen atoms in total. The minimum Gasteiger partial charge on any atom is -0.463 e. The number of esters is 1. The Bertz CT molecular complexity index is 294. The smallest absolute Gasteiger partial charge is 0.391 e. The minimum atomic E-state index is -4.08. The van der Waals surface area contributed by atoms with Crippen LogP contribution in [0.25, 0.3) is 0 Å². The Morgan fingerprint density at radius 2 is 2.00 bits per heavy atom. The highest BCUT2D eigenvalue weighted by atomic mass is 19.4. The van der Waals surface area contributed by atoms with Crippen molar-refractivity contribution in [2.75, 3.05) is 26.2 Å². The molecule has 1 aliphatic heterocycles. The summed E-state index contributed by atoms with van der Waals surface area (Å²) in [4.78, 5) is 12.9. The summed E-state index contributed by atoms with van der Waals surface area (Å²) in [5.74, 6) is -1.59. The van der Waals surface area contributed by atoms with Gasteiger partial charge in [0.15, 0.2) is 0 Å². The van der Waals surface area contributed by atoms with Gasteiger partial charge in [0.05, 0.1) is 12.5 Å². The van der Waals surface area contributed by atoms with Crippen molar-refractivity contribution in [3.05, 3.63) is 12.2 Å². The number of nitrogens with zero attached hydrogens (tertiary/aromatic N) is 1. The topological polar surface area (TPSA) is 29.5 Å². The van der Waals surface area contributed by atoms with E-state index in [2.05, 4.69) is 0 Å². The van der Waals surface area contributed by atoms with E-state index < -0.39 is 18.1 Å². The average molecular weight is 265 g/mol. The van der Waals surface area contributed by atoms with Gasteiger partial charge in [0.2, 0.25) is 0 Å². The summed E-state index contributed by atoms with van der Waals surface area (Å²) < 4.78 is 42.0. The molecule has 1 heterocycles. The van der Waals surface area contributed by atoms with Gasteiger partial charge >= 0.3 is 12.1 Å². The van der Waals surface area contributed by atoms with Gasteiger partial charge in [0, 0.05) is 12.6 Å². The van der Waals surface area contributed by atoms with Crippen LogP contribution in [0.3, 0.4) is 0 Å². The second kappa shape index (κ2) is 6.78. The molecule has 0 atom stereocenters.